The van der Waals surface area contributed by atoms with Crippen LogP contribution in [0.25, 0.3) is 16.2 Å². The summed E-state index contributed by atoms with van der Waals surface area (Å²) >= 11 is 1.55. The lowest BCUT2D eigenvalue weighted by molar-refractivity contribution is 0.264. The lowest BCUT2D eigenvalue weighted by atomic mass is 9.93. The standard InChI is InChI=1S/C29H36N8OS/c1-17-12-18(6-11-23(17)35-20-9-10-21(35)15-34(5)14-20)31-27-30-13-22-25(33-27)37(36(26(22)38)19-7-8-19)28-32-24(16-39-28)29(2,3)4/h6,11-13,16,19-21H,7-10,14-15H2,1-5H3,(H,30,31,33). The van der Waals surface area contributed by atoms with Crippen LogP contribution in [0.4, 0.5) is 17.3 Å². The molecule has 3 aromatic heterocycles. The Morgan fingerprint density at radius 1 is 1.03 bits per heavy atom. The maximum atomic E-state index is 13.4. The fourth-order valence-corrected chi connectivity index (χ4v) is 7.31. The highest BCUT2D eigenvalue weighted by Crippen LogP contribution is 2.38. The largest absolute Gasteiger partial charge is 0.363 e. The van der Waals surface area contributed by atoms with Gasteiger partial charge in [-0.15, -0.1) is 11.3 Å². The van der Waals surface area contributed by atoms with Gasteiger partial charge >= 0.3 is 0 Å². The van der Waals surface area contributed by atoms with Gasteiger partial charge in [0.25, 0.3) is 5.56 Å². The smallest absolute Gasteiger partial charge is 0.278 e. The molecule has 204 valence electrons. The molecule has 1 N–H and O–H groups in total. The number of piperazine rings is 1. The molecule has 2 bridgehead atoms. The van der Waals surface area contributed by atoms with E-state index < -0.39 is 0 Å². The summed E-state index contributed by atoms with van der Waals surface area (Å²) < 4.78 is 3.75. The molecule has 0 radical (unpaired) electrons. The monoisotopic (exact) mass is 544 g/mol. The zero-order chi connectivity index (χ0) is 27.1. The first-order valence-electron chi connectivity index (χ1n) is 14.0. The molecule has 3 fully saturated rings. The summed E-state index contributed by atoms with van der Waals surface area (Å²) in [4.78, 5) is 32.8. The molecular formula is C29H36N8OS. The average Bonchev–Trinajstić information content (AvgIpc) is 3.41. The van der Waals surface area contributed by atoms with Crippen LogP contribution in [0.3, 0.4) is 0 Å². The van der Waals surface area contributed by atoms with Gasteiger partial charge in [0.2, 0.25) is 11.1 Å². The number of hydrogen-bond donors (Lipinski definition) is 1. The second-order valence-electron chi connectivity index (χ2n) is 12.5. The number of rotatable bonds is 5. The van der Waals surface area contributed by atoms with E-state index in [0.717, 1.165) is 42.4 Å². The Morgan fingerprint density at radius 2 is 1.74 bits per heavy atom. The van der Waals surface area contributed by atoms with E-state index >= 15 is 0 Å². The van der Waals surface area contributed by atoms with Crippen LogP contribution in [0, 0.1) is 6.92 Å². The molecule has 7 rings (SSSR count). The first-order valence-corrected chi connectivity index (χ1v) is 14.9. The molecule has 1 aromatic carbocycles. The van der Waals surface area contributed by atoms with Crippen molar-refractivity contribution in [3.8, 4) is 5.13 Å². The Bertz CT molecular complexity index is 1610. The maximum Gasteiger partial charge on any atom is 0.278 e. The number of nitrogens with zero attached hydrogens (tertiary/aromatic N) is 7. The highest BCUT2D eigenvalue weighted by molar-refractivity contribution is 7.12. The van der Waals surface area contributed by atoms with Gasteiger partial charge in [-0.25, -0.2) is 19.3 Å². The van der Waals surface area contributed by atoms with Gasteiger partial charge in [-0.05, 0) is 63.4 Å². The summed E-state index contributed by atoms with van der Waals surface area (Å²) in [5, 5.41) is 6.78. The predicted molar refractivity (Wildman–Crippen MR) is 157 cm³/mol. The van der Waals surface area contributed by atoms with Crippen molar-refractivity contribution < 1.29 is 0 Å². The maximum absolute atomic E-state index is 13.4. The van der Waals surface area contributed by atoms with Crippen molar-refractivity contribution in [1.82, 2.24) is 29.2 Å². The van der Waals surface area contributed by atoms with Crippen LogP contribution in [0.2, 0.25) is 0 Å². The van der Waals surface area contributed by atoms with Crippen molar-refractivity contribution in [3.05, 3.63) is 51.4 Å². The predicted octanol–water partition coefficient (Wildman–Crippen LogP) is 5.01. The van der Waals surface area contributed by atoms with Crippen molar-refractivity contribution in [2.24, 2.45) is 0 Å². The Morgan fingerprint density at radius 3 is 2.38 bits per heavy atom. The Kier molecular flexibility index (Phi) is 5.65. The van der Waals surface area contributed by atoms with E-state index in [-0.39, 0.29) is 17.0 Å². The molecule has 3 aliphatic rings. The van der Waals surface area contributed by atoms with Gasteiger partial charge in [0.05, 0.1) is 11.7 Å². The van der Waals surface area contributed by atoms with Crippen molar-refractivity contribution in [2.45, 2.75) is 76.9 Å². The van der Waals surface area contributed by atoms with E-state index in [0.29, 0.717) is 29.1 Å². The minimum Gasteiger partial charge on any atom is -0.363 e. The molecule has 2 unspecified atom stereocenters. The summed E-state index contributed by atoms with van der Waals surface area (Å²) in [5.41, 5.74) is 5.00. The topological polar surface area (TPSA) is 84.1 Å². The van der Waals surface area contributed by atoms with Crippen LogP contribution in [0.1, 0.15) is 63.8 Å². The first-order chi connectivity index (χ1) is 18.7. The SMILES string of the molecule is Cc1cc(Nc2ncc3c(=O)n(C4CC4)n(-c4nc(C(C)(C)C)cs4)c3n2)ccc1N1C2CCC1CN(C)C2. The summed E-state index contributed by atoms with van der Waals surface area (Å²) in [7, 11) is 2.23. The first kappa shape index (κ1) is 24.8. The molecule has 9 nitrogen and oxygen atoms in total. The van der Waals surface area contributed by atoms with E-state index in [2.05, 4.69) is 78.4 Å². The van der Waals surface area contributed by atoms with Crippen LogP contribution in [-0.4, -0.2) is 61.4 Å². The number of nitrogens with one attached hydrogen (secondary N) is 1. The Labute approximate surface area is 232 Å². The van der Waals surface area contributed by atoms with Crippen LogP contribution in [0.5, 0.6) is 0 Å². The third-order valence-corrected chi connectivity index (χ3v) is 9.17. The van der Waals surface area contributed by atoms with Gasteiger partial charge in [0.1, 0.15) is 5.39 Å². The van der Waals surface area contributed by atoms with Crippen LogP contribution >= 0.6 is 11.3 Å². The van der Waals surface area contributed by atoms with Crippen molar-refractivity contribution in [3.63, 3.8) is 0 Å². The van der Waals surface area contributed by atoms with Gasteiger partial charge in [-0.1, -0.05) is 20.8 Å². The fourth-order valence-electron chi connectivity index (χ4n) is 6.26. The lowest BCUT2D eigenvalue weighted by Gasteiger charge is -2.41. The molecule has 4 aromatic rings. The minimum absolute atomic E-state index is 0.0476. The molecule has 2 saturated heterocycles. The van der Waals surface area contributed by atoms with Crippen LogP contribution in [0.15, 0.2) is 34.6 Å². The molecule has 2 aliphatic heterocycles. The molecule has 10 heteroatoms. The van der Waals surface area contributed by atoms with E-state index in [1.165, 1.54) is 24.1 Å². The van der Waals surface area contributed by atoms with E-state index in [4.69, 9.17) is 9.97 Å². The number of likely N-dealkylation sites (N-methyl/N-ethyl adjacent to an activating group) is 1. The van der Waals surface area contributed by atoms with E-state index in [1.54, 1.807) is 17.5 Å². The minimum atomic E-state index is -0.0716. The number of fused-ring (bicyclic) bond motifs is 3. The molecule has 0 spiro atoms. The molecular weight excluding hydrogens is 508 g/mol. The molecule has 2 atom stereocenters. The summed E-state index contributed by atoms with van der Waals surface area (Å²) in [6.07, 6.45) is 6.17. The number of benzene rings is 1. The molecule has 5 heterocycles. The molecule has 39 heavy (non-hydrogen) atoms. The lowest BCUT2D eigenvalue weighted by Crippen LogP contribution is -2.52. The van der Waals surface area contributed by atoms with Crippen LogP contribution in [-0.2, 0) is 5.41 Å². The summed E-state index contributed by atoms with van der Waals surface area (Å²) in [6, 6.07) is 7.90. The molecule has 1 aliphatic carbocycles. The summed E-state index contributed by atoms with van der Waals surface area (Å²) in [5.74, 6) is 0.476. The second kappa shape index (κ2) is 8.89. The Hall–Kier alpha value is -3.24. The third-order valence-electron chi connectivity index (χ3n) is 8.35. The highest BCUT2D eigenvalue weighted by atomic mass is 32.1. The number of aromatic nitrogens is 5. The van der Waals surface area contributed by atoms with E-state index in [9.17, 15) is 4.79 Å². The number of anilines is 3. The number of likely N-dealkylation sites (tertiary alicyclic amines) is 1. The zero-order valence-corrected chi connectivity index (χ0v) is 24.1. The zero-order valence-electron chi connectivity index (χ0n) is 23.3. The number of aryl methyl sites for hydroxylation is 1. The van der Waals surface area contributed by atoms with E-state index in [1.807, 2.05) is 9.36 Å². The normalized spacial score (nSPS) is 21.7. The molecule has 1 saturated carbocycles. The van der Waals surface area contributed by atoms with Crippen LogP contribution < -0.4 is 15.8 Å². The van der Waals surface area contributed by atoms with Crippen molar-refractivity contribution in [2.75, 3.05) is 30.4 Å². The number of thiazole rings is 1. The quantitative estimate of drug-likeness (QED) is 0.378. The molecule has 0 amide bonds. The second-order valence-corrected chi connectivity index (χ2v) is 13.4. The highest BCUT2D eigenvalue weighted by Gasteiger charge is 2.39. The Balaban J connectivity index is 1.23. The fraction of sp³-hybridized carbons (Fsp3) is 0.517. The van der Waals surface area contributed by atoms with Gasteiger partial charge in [0.15, 0.2) is 5.65 Å². The van der Waals surface area contributed by atoms with Gasteiger partial charge in [0, 0.05) is 53.5 Å². The van der Waals surface area contributed by atoms with Gasteiger partial charge in [-0.3, -0.25) is 4.79 Å². The van der Waals surface area contributed by atoms with Crippen molar-refractivity contribution >= 4 is 39.7 Å². The number of hydrogen-bond acceptors (Lipinski definition) is 8. The van der Waals surface area contributed by atoms with Gasteiger partial charge < -0.3 is 15.1 Å². The summed E-state index contributed by atoms with van der Waals surface area (Å²) in [6.45, 7) is 10.9. The third kappa shape index (κ3) is 4.24. The average molecular weight is 545 g/mol. The van der Waals surface area contributed by atoms with Crippen molar-refractivity contribution in [1.29, 1.82) is 0 Å². The van der Waals surface area contributed by atoms with Gasteiger partial charge in [-0.2, -0.15) is 4.98 Å².